The smallest absolute Gasteiger partial charge is 0.336 e. The molecular formula is C15H17N3O5. The van der Waals surface area contributed by atoms with E-state index in [-0.39, 0.29) is 5.69 Å². The number of esters is 1. The monoisotopic (exact) mass is 319 g/mol. The number of H-pyrrole nitrogens is 2. The van der Waals surface area contributed by atoms with Crippen LogP contribution in [0, 0.1) is 0 Å². The minimum absolute atomic E-state index is 0.317. The van der Waals surface area contributed by atoms with Gasteiger partial charge >= 0.3 is 11.7 Å². The first-order valence-electron chi connectivity index (χ1n) is 7.38. The molecule has 0 spiro atoms. The lowest BCUT2D eigenvalue weighted by Crippen LogP contribution is -2.33. The van der Waals surface area contributed by atoms with Crippen LogP contribution in [0.4, 0.5) is 5.69 Å². The number of aromatic nitrogens is 2. The average Bonchev–Trinajstić information content (AvgIpc) is 3.14. The summed E-state index contributed by atoms with van der Waals surface area (Å²) in [7, 11) is 0. The third kappa shape index (κ3) is 3.42. The van der Waals surface area contributed by atoms with E-state index in [9.17, 15) is 14.4 Å². The van der Waals surface area contributed by atoms with E-state index >= 15 is 0 Å². The zero-order valence-electron chi connectivity index (χ0n) is 12.5. The van der Waals surface area contributed by atoms with Gasteiger partial charge in [0.05, 0.1) is 11.0 Å². The van der Waals surface area contributed by atoms with Gasteiger partial charge in [-0.3, -0.25) is 4.79 Å². The third-order valence-electron chi connectivity index (χ3n) is 3.64. The van der Waals surface area contributed by atoms with Crippen molar-refractivity contribution in [2.75, 3.05) is 11.9 Å². The molecule has 1 aliphatic rings. The zero-order valence-corrected chi connectivity index (χ0v) is 12.5. The first kappa shape index (κ1) is 15.3. The van der Waals surface area contributed by atoms with E-state index in [1.165, 1.54) is 6.92 Å². The van der Waals surface area contributed by atoms with Crippen molar-refractivity contribution in [3.8, 4) is 0 Å². The van der Waals surface area contributed by atoms with Crippen molar-refractivity contribution >= 4 is 28.6 Å². The van der Waals surface area contributed by atoms with Gasteiger partial charge in [-0.2, -0.15) is 0 Å². The lowest BCUT2D eigenvalue weighted by atomic mass is 10.2. The number of ether oxygens (including phenoxy) is 2. The molecule has 1 amide bonds. The number of anilines is 1. The van der Waals surface area contributed by atoms with Gasteiger partial charge in [0.25, 0.3) is 5.91 Å². The SMILES string of the molecule is C[C@@H](OC(=O)[C@H]1CCCO1)C(=O)Nc1ccc2[nH]c(=O)[nH]c2c1. The van der Waals surface area contributed by atoms with Gasteiger partial charge in [0.2, 0.25) is 0 Å². The molecule has 0 radical (unpaired) electrons. The van der Waals surface area contributed by atoms with Crippen LogP contribution in [0.15, 0.2) is 23.0 Å². The van der Waals surface area contributed by atoms with Gasteiger partial charge in [-0.15, -0.1) is 0 Å². The summed E-state index contributed by atoms with van der Waals surface area (Å²) in [6.45, 7) is 2.04. The fourth-order valence-electron chi connectivity index (χ4n) is 2.42. The van der Waals surface area contributed by atoms with Gasteiger partial charge in [0.1, 0.15) is 0 Å². The van der Waals surface area contributed by atoms with Gasteiger partial charge in [0, 0.05) is 12.3 Å². The number of hydrogen-bond acceptors (Lipinski definition) is 5. The summed E-state index contributed by atoms with van der Waals surface area (Å²) in [6, 6.07) is 4.95. The Morgan fingerprint density at radius 1 is 1.35 bits per heavy atom. The predicted molar refractivity (Wildman–Crippen MR) is 82.1 cm³/mol. The topological polar surface area (TPSA) is 113 Å². The van der Waals surface area contributed by atoms with Crippen molar-refractivity contribution in [2.45, 2.75) is 32.0 Å². The van der Waals surface area contributed by atoms with Gasteiger partial charge in [-0.1, -0.05) is 0 Å². The number of nitrogens with one attached hydrogen (secondary N) is 3. The Bertz CT molecular complexity index is 788. The highest BCUT2D eigenvalue weighted by molar-refractivity contribution is 5.96. The molecule has 1 aromatic heterocycles. The lowest BCUT2D eigenvalue weighted by molar-refractivity contribution is -0.162. The molecular weight excluding hydrogens is 302 g/mol. The molecule has 1 fully saturated rings. The molecule has 2 atom stereocenters. The Kier molecular flexibility index (Phi) is 4.16. The maximum atomic E-state index is 12.1. The Morgan fingerprint density at radius 2 is 2.13 bits per heavy atom. The van der Waals surface area contributed by atoms with Crippen LogP contribution in [-0.4, -0.2) is 40.7 Å². The fraction of sp³-hybridized carbons (Fsp3) is 0.400. The largest absolute Gasteiger partial charge is 0.451 e. The maximum absolute atomic E-state index is 12.1. The minimum atomic E-state index is -0.937. The number of amides is 1. The summed E-state index contributed by atoms with van der Waals surface area (Å²) in [5.74, 6) is -0.968. The van der Waals surface area contributed by atoms with Gasteiger partial charge in [0.15, 0.2) is 12.2 Å². The molecule has 1 aliphatic heterocycles. The highest BCUT2D eigenvalue weighted by Gasteiger charge is 2.28. The zero-order chi connectivity index (χ0) is 16.4. The molecule has 2 heterocycles. The van der Waals surface area contributed by atoms with E-state index in [0.29, 0.717) is 29.7 Å². The quantitative estimate of drug-likeness (QED) is 0.725. The second-order valence-electron chi connectivity index (χ2n) is 5.41. The normalized spacial score (nSPS) is 18.7. The molecule has 3 rings (SSSR count). The van der Waals surface area contributed by atoms with Crippen molar-refractivity contribution in [3.05, 3.63) is 28.7 Å². The molecule has 0 saturated carbocycles. The number of aromatic amines is 2. The molecule has 1 saturated heterocycles. The van der Waals surface area contributed by atoms with Crippen LogP contribution in [0.1, 0.15) is 19.8 Å². The van der Waals surface area contributed by atoms with E-state index in [0.717, 1.165) is 6.42 Å². The molecule has 0 bridgehead atoms. The third-order valence-corrected chi connectivity index (χ3v) is 3.64. The molecule has 8 heteroatoms. The van der Waals surface area contributed by atoms with E-state index in [2.05, 4.69) is 15.3 Å². The predicted octanol–water partition coefficient (Wildman–Crippen LogP) is 0.905. The summed E-state index contributed by atoms with van der Waals surface area (Å²) in [6.07, 6.45) is -0.0842. The van der Waals surface area contributed by atoms with Gasteiger partial charge in [-0.25, -0.2) is 9.59 Å². The van der Waals surface area contributed by atoms with Crippen LogP contribution in [0.3, 0.4) is 0 Å². The van der Waals surface area contributed by atoms with Crippen LogP contribution >= 0.6 is 0 Å². The van der Waals surface area contributed by atoms with Crippen molar-refractivity contribution in [1.29, 1.82) is 0 Å². The van der Waals surface area contributed by atoms with Crippen molar-refractivity contribution in [3.63, 3.8) is 0 Å². The maximum Gasteiger partial charge on any atom is 0.336 e. The van der Waals surface area contributed by atoms with Crippen molar-refractivity contribution < 1.29 is 19.1 Å². The Morgan fingerprint density at radius 3 is 2.87 bits per heavy atom. The Balaban J connectivity index is 1.62. The summed E-state index contributed by atoms with van der Waals surface area (Å²) in [5, 5.41) is 2.65. The molecule has 122 valence electrons. The standard InChI is InChI=1S/C15H17N3O5/c1-8(23-14(20)12-3-2-6-22-12)13(19)16-9-4-5-10-11(7-9)18-15(21)17-10/h4-5,7-8,12H,2-3,6H2,1H3,(H,16,19)(H2,17,18,21)/t8-,12-/m1/s1. The Hall–Kier alpha value is -2.61. The summed E-state index contributed by atoms with van der Waals surface area (Å²) in [4.78, 5) is 40.3. The number of rotatable bonds is 4. The summed E-state index contributed by atoms with van der Waals surface area (Å²) < 4.78 is 10.3. The number of benzene rings is 1. The number of hydrogen-bond donors (Lipinski definition) is 3. The van der Waals surface area contributed by atoms with Crippen molar-refractivity contribution in [2.24, 2.45) is 0 Å². The van der Waals surface area contributed by atoms with E-state index in [1.807, 2.05) is 0 Å². The molecule has 1 aromatic carbocycles. The number of fused-ring (bicyclic) bond motifs is 1. The van der Waals surface area contributed by atoms with Gasteiger partial charge < -0.3 is 24.8 Å². The number of carbonyl (C=O) groups excluding carboxylic acids is 2. The fourth-order valence-corrected chi connectivity index (χ4v) is 2.42. The molecule has 2 aromatic rings. The molecule has 23 heavy (non-hydrogen) atoms. The van der Waals surface area contributed by atoms with Crippen molar-refractivity contribution in [1.82, 2.24) is 9.97 Å². The highest BCUT2D eigenvalue weighted by Crippen LogP contribution is 2.16. The summed E-state index contributed by atoms with van der Waals surface area (Å²) in [5.41, 5.74) is 1.41. The molecule has 0 unspecified atom stereocenters. The lowest BCUT2D eigenvalue weighted by Gasteiger charge is -2.16. The van der Waals surface area contributed by atoms with Crippen LogP contribution in [-0.2, 0) is 19.1 Å². The van der Waals surface area contributed by atoms with Crippen LogP contribution in [0.25, 0.3) is 11.0 Å². The highest BCUT2D eigenvalue weighted by atomic mass is 16.6. The minimum Gasteiger partial charge on any atom is -0.451 e. The van der Waals surface area contributed by atoms with Crippen LogP contribution in [0.2, 0.25) is 0 Å². The number of carbonyl (C=O) groups is 2. The summed E-state index contributed by atoms with van der Waals surface area (Å²) >= 11 is 0. The first-order valence-corrected chi connectivity index (χ1v) is 7.38. The average molecular weight is 319 g/mol. The second-order valence-corrected chi connectivity index (χ2v) is 5.41. The van der Waals surface area contributed by atoms with Crippen LogP contribution < -0.4 is 11.0 Å². The first-order chi connectivity index (χ1) is 11.0. The van der Waals surface area contributed by atoms with E-state index in [4.69, 9.17) is 9.47 Å². The van der Waals surface area contributed by atoms with E-state index < -0.39 is 24.1 Å². The second kappa shape index (κ2) is 6.25. The Labute approximate surface area is 131 Å². The molecule has 8 nitrogen and oxygen atoms in total. The number of imidazole rings is 1. The van der Waals surface area contributed by atoms with Gasteiger partial charge in [-0.05, 0) is 38.0 Å². The van der Waals surface area contributed by atoms with Crippen LogP contribution in [0.5, 0.6) is 0 Å². The molecule has 0 aliphatic carbocycles. The molecule has 3 N–H and O–H groups in total. The van der Waals surface area contributed by atoms with E-state index in [1.54, 1.807) is 18.2 Å².